The van der Waals surface area contributed by atoms with Crippen LogP contribution in [0, 0.1) is 10.1 Å². The van der Waals surface area contributed by atoms with E-state index in [9.17, 15) is 19.7 Å². The third kappa shape index (κ3) is 3.41. The molecule has 8 heteroatoms. The van der Waals surface area contributed by atoms with Crippen molar-refractivity contribution in [1.29, 1.82) is 0 Å². The summed E-state index contributed by atoms with van der Waals surface area (Å²) in [5, 5.41) is 13.4. The van der Waals surface area contributed by atoms with E-state index in [0.29, 0.717) is 0 Å². The lowest BCUT2D eigenvalue weighted by Gasteiger charge is -2.12. The van der Waals surface area contributed by atoms with Crippen molar-refractivity contribution in [1.82, 2.24) is 0 Å². The van der Waals surface area contributed by atoms with Gasteiger partial charge in [0.05, 0.1) is 17.6 Å². The number of anilines is 1. The maximum absolute atomic E-state index is 11.4. The van der Waals surface area contributed by atoms with Crippen LogP contribution >= 0.6 is 0 Å². The second-order valence-electron chi connectivity index (χ2n) is 3.75. The number of carbonyl (C=O) groups excluding carboxylic acids is 2. The molecule has 1 amide bonds. The van der Waals surface area contributed by atoms with Crippen LogP contribution in [0.25, 0.3) is 0 Å². The van der Waals surface area contributed by atoms with Gasteiger partial charge in [-0.25, -0.2) is 4.79 Å². The van der Waals surface area contributed by atoms with Gasteiger partial charge in [0.15, 0.2) is 0 Å². The Labute approximate surface area is 108 Å². The number of methoxy groups -OCH3 is 1. The standard InChI is InChI=1S/C11H13N3O5/c1-6(10(12)15)13-8-5-7(11(16)19-2)3-4-9(8)14(17)18/h3-6,13H,1-2H3,(H2,12,15). The quantitative estimate of drug-likeness (QED) is 0.459. The van der Waals surface area contributed by atoms with Gasteiger partial charge < -0.3 is 15.8 Å². The Morgan fingerprint density at radius 2 is 2.11 bits per heavy atom. The predicted molar refractivity (Wildman–Crippen MR) is 66.7 cm³/mol. The summed E-state index contributed by atoms with van der Waals surface area (Å²) in [6.45, 7) is 1.46. The van der Waals surface area contributed by atoms with Crippen molar-refractivity contribution in [2.75, 3.05) is 12.4 Å². The van der Waals surface area contributed by atoms with E-state index in [0.717, 1.165) is 6.07 Å². The minimum Gasteiger partial charge on any atom is -0.465 e. The first-order valence-corrected chi connectivity index (χ1v) is 5.29. The average molecular weight is 267 g/mol. The largest absolute Gasteiger partial charge is 0.465 e. The lowest BCUT2D eigenvalue weighted by Crippen LogP contribution is -2.32. The Morgan fingerprint density at radius 3 is 2.58 bits per heavy atom. The fraction of sp³-hybridized carbons (Fsp3) is 0.273. The molecular formula is C11H13N3O5. The summed E-state index contributed by atoms with van der Waals surface area (Å²) in [6, 6.07) is 2.85. The molecular weight excluding hydrogens is 254 g/mol. The Bertz CT molecular complexity index is 529. The summed E-state index contributed by atoms with van der Waals surface area (Å²) < 4.78 is 4.52. The molecule has 0 radical (unpaired) electrons. The minimum atomic E-state index is -0.813. The molecule has 0 heterocycles. The number of hydrogen-bond acceptors (Lipinski definition) is 6. The van der Waals surface area contributed by atoms with Gasteiger partial charge in [-0.3, -0.25) is 14.9 Å². The molecule has 0 aromatic heterocycles. The van der Waals surface area contributed by atoms with Gasteiger partial charge in [-0.1, -0.05) is 0 Å². The molecule has 1 aromatic rings. The lowest BCUT2D eigenvalue weighted by molar-refractivity contribution is -0.384. The van der Waals surface area contributed by atoms with Crippen molar-refractivity contribution < 1.29 is 19.2 Å². The van der Waals surface area contributed by atoms with E-state index >= 15 is 0 Å². The average Bonchev–Trinajstić information content (AvgIpc) is 2.37. The Kier molecular flexibility index (Phi) is 4.41. The SMILES string of the molecule is COC(=O)c1ccc([N+](=O)[O-])c(NC(C)C(N)=O)c1. The highest BCUT2D eigenvalue weighted by Crippen LogP contribution is 2.26. The van der Waals surface area contributed by atoms with Gasteiger partial charge in [0.25, 0.3) is 5.69 Å². The van der Waals surface area contributed by atoms with Crippen LogP contribution in [0.5, 0.6) is 0 Å². The normalized spacial score (nSPS) is 11.5. The Morgan fingerprint density at radius 1 is 1.47 bits per heavy atom. The monoisotopic (exact) mass is 267 g/mol. The first-order chi connectivity index (χ1) is 8.86. The molecule has 102 valence electrons. The van der Waals surface area contributed by atoms with Crippen LogP contribution in [0.2, 0.25) is 0 Å². The molecule has 1 rings (SSSR count). The highest BCUT2D eigenvalue weighted by molar-refractivity contribution is 5.92. The second kappa shape index (κ2) is 5.80. The van der Waals surface area contributed by atoms with Crippen molar-refractivity contribution in [3.8, 4) is 0 Å². The summed E-state index contributed by atoms with van der Waals surface area (Å²) in [6.07, 6.45) is 0. The first-order valence-electron chi connectivity index (χ1n) is 5.29. The van der Waals surface area contributed by atoms with Gasteiger partial charge in [-0.15, -0.1) is 0 Å². The van der Waals surface area contributed by atoms with Crippen LogP contribution in [-0.4, -0.2) is 30.0 Å². The highest BCUT2D eigenvalue weighted by Gasteiger charge is 2.20. The molecule has 0 fully saturated rings. The zero-order valence-electron chi connectivity index (χ0n) is 10.4. The molecule has 0 saturated heterocycles. The van der Waals surface area contributed by atoms with Crippen molar-refractivity contribution in [3.63, 3.8) is 0 Å². The molecule has 19 heavy (non-hydrogen) atoms. The molecule has 0 aliphatic carbocycles. The zero-order valence-corrected chi connectivity index (χ0v) is 10.4. The maximum atomic E-state index is 11.4. The number of ether oxygens (including phenoxy) is 1. The summed E-state index contributed by atoms with van der Waals surface area (Å²) in [5.41, 5.74) is 4.97. The molecule has 1 atom stereocenters. The first kappa shape index (κ1) is 14.4. The Balaban J connectivity index is 3.19. The molecule has 1 unspecified atom stereocenters. The lowest BCUT2D eigenvalue weighted by atomic mass is 10.1. The van der Waals surface area contributed by atoms with Crippen LogP contribution in [0.3, 0.4) is 0 Å². The van der Waals surface area contributed by atoms with Gasteiger partial charge in [0.2, 0.25) is 5.91 Å². The number of primary amides is 1. The molecule has 0 aliphatic rings. The van der Waals surface area contributed by atoms with Crippen LogP contribution in [0.15, 0.2) is 18.2 Å². The number of nitrogens with two attached hydrogens (primary N) is 1. The number of nitrogens with zero attached hydrogens (tertiary/aromatic N) is 1. The van der Waals surface area contributed by atoms with Gasteiger partial charge in [0, 0.05) is 6.07 Å². The third-order valence-corrected chi connectivity index (χ3v) is 2.41. The van der Waals surface area contributed by atoms with E-state index in [1.165, 1.54) is 26.2 Å². The summed E-state index contributed by atoms with van der Waals surface area (Å²) in [5.74, 6) is -1.30. The molecule has 8 nitrogen and oxygen atoms in total. The molecule has 3 N–H and O–H groups in total. The molecule has 0 spiro atoms. The molecule has 1 aromatic carbocycles. The van der Waals surface area contributed by atoms with E-state index < -0.39 is 22.8 Å². The number of hydrogen-bond donors (Lipinski definition) is 2. The predicted octanol–water partition coefficient (Wildman–Crippen LogP) is 0.667. The Hall–Kier alpha value is -2.64. The third-order valence-electron chi connectivity index (χ3n) is 2.41. The van der Waals surface area contributed by atoms with Gasteiger partial charge in [-0.05, 0) is 19.1 Å². The number of esters is 1. The smallest absolute Gasteiger partial charge is 0.337 e. The summed E-state index contributed by atoms with van der Waals surface area (Å²) in [4.78, 5) is 32.5. The van der Waals surface area contributed by atoms with Crippen molar-refractivity contribution in [2.24, 2.45) is 5.73 Å². The number of amides is 1. The van der Waals surface area contributed by atoms with Crippen molar-refractivity contribution in [2.45, 2.75) is 13.0 Å². The van der Waals surface area contributed by atoms with Crippen molar-refractivity contribution >= 4 is 23.3 Å². The number of benzene rings is 1. The summed E-state index contributed by atoms with van der Waals surface area (Å²) >= 11 is 0. The van der Waals surface area contributed by atoms with E-state index in [4.69, 9.17) is 5.73 Å². The van der Waals surface area contributed by atoms with Gasteiger partial charge in [-0.2, -0.15) is 0 Å². The fourth-order valence-electron chi connectivity index (χ4n) is 1.36. The fourth-order valence-corrected chi connectivity index (χ4v) is 1.36. The highest BCUT2D eigenvalue weighted by atomic mass is 16.6. The number of nitrogens with one attached hydrogen (secondary N) is 1. The van der Waals surface area contributed by atoms with Gasteiger partial charge >= 0.3 is 5.97 Å². The zero-order chi connectivity index (χ0) is 14.6. The topological polar surface area (TPSA) is 125 Å². The number of rotatable bonds is 5. The second-order valence-corrected chi connectivity index (χ2v) is 3.75. The molecule has 0 bridgehead atoms. The summed E-state index contributed by atoms with van der Waals surface area (Å²) in [7, 11) is 1.20. The minimum absolute atomic E-state index is 0.0270. The number of carbonyl (C=O) groups is 2. The van der Waals surface area contributed by atoms with Crippen LogP contribution in [0.4, 0.5) is 11.4 Å². The van der Waals surface area contributed by atoms with E-state index in [2.05, 4.69) is 10.1 Å². The van der Waals surface area contributed by atoms with Crippen LogP contribution in [0.1, 0.15) is 17.3 Å². The van der Waals surface area contributed by atoms with Gasteiger partial charge in [0.1, 0.15) is 11.7 Å². The molecule has 0 aliphatic heterocycles. The van der Waals surface area contributed by atoms with Crippen LogP contribution < -0.4 is 11.1 Å². The number of nitro benzene ring substituents is 1. The molecule has 0 saturated carbocycles. The van der Waals surface area contributed by atoms with Crippen LogP contribution in [-0.2, 0) is 9.53 Å². The van der Waals surface area contributed by atoms with E-state index in [1.54, 1.807) is 0 Å². The van der Waals surface area contributed by atoms with E-state index in [1.807, 2.05) is 0 Å². The van der Waals surface area contributed by atoms with Crippen molar-refractivity contribution in [3.05, 3.63) is 33.9 Å². The number of nitro groups is 1. The van der Waals surface area contributed by atoms with E-state index in [-0.39, 0.29) is 16.9 Å². The maximum Gasteiger partial charge on any atom is 0.337 e.